The van der Waals surface area contributed by atoms with E-state index in [9.17, 15) is 24.9 Å². The molecule has 27 heavy (non-hydrogen) atoms. The van der Waals surface area contributed by atoms with E-state index >= 15 is 0 Å². The molecule has 0 spiro atoms. The van der Waals surface area contributed by atoms with Crippen LogP contribution in [0.4, 0.5) is 0 Å². The van der Waals surface area contributed by atoms with Crippen LogP contribution in [0.3, 0.4) is 0 Å². The van der Waals surface area contributed by atoms with Crippen LogP contribution in [0.2, 0.25) is 0 Å². The molecule has 0 saturated heterocycles. The monoisotopic (exact) mass is 374 g/mol. The molecule has 5 nitrogen and oxygen atoms in total. The molecule has 1 aromatic rings. The quantitative estimate of drug-likeness (QED) is 0.401. The summed E-state index contributed by atoms with van der Waals surface area (Å²) in [5, 5.41) is 30.8. The Kier molecular flexibility index (Phi) is 4.77. The summed E-state index contributed by atoms with van der Waals surface area (Å²) in [5.41, 5.74) is -0.413. The second-order valence-electron chi connectivity index (χ2n) is 9.43. The van der Waals surface area contributed by atoms with Gasteiger partial charge >= 0.3 is 0 Å². The van der Waals surface area contributed by atoms with Gasteiger partial charge in [0.15, 0.2) is 17.8 Å². The number of hydrogen-bond donors (Lipinski definition) is 3. The Labute approximate surface area is 160 Å². The highest BCUT2D eigenvalue weighted by atomic mass is 16.3. The number of Topliss-reactive ketones (excluding diaryl/α,β-unsaturated/α-hetero) is 1. The lowest BCUT2D eigenvalue weighted by molar-refractivity contribution is -0.128. The van der Waals surface area contributed by atoms with Crippen molar-refractivity contribution in [3.8, 4) is 17.2 Å². The summed E-state index contributed by atoms with van der Waals surface area (Å²) in [5.74, 6) is -1.98. The third-order valence-electron chi connectivity index (χ3n) is 7.34. The van der Waals surface area contributed by atoms with E-state index in [4.69, 9.17) is 0 Å². The fourth-order valence-electron chi connectivity index (χ4n) is 5.93. The van der Waals surface area contributed by atoms with Gasteiger partial charge in [0.25, 0.3) is 0 Å². The van der Waals surface area contributed by atoms with E-state index in [1.165, 1.54) is 6.07 Å². The first-order valence-corrected chi connectivity index (χ1v) is 9.81. The van der Waals surface area contributed by atoms with Crippen LogP contribution < -0.4 is 0 Å². The number of ketones is 1. The number of hydrogen-bond acceptors (Lipinski definition) is 5. The van der Waals surface area contributed by atoms with E-state index in [-0.39, 0.29) is 39.6 Å². The summed E-state index contributed by atoms with van der Waals surface area (Å²) < 4.78 is 0. The highest BCUT2D eigenvalue weighted by molar-refractivity contribution is 5.93. The second-order valence-corrected chi connectivity index (χ2v) is 9.43. The molecule has 0 heterocycles. The standard InChI is InChI=1S/C22H30O5/c1-12-6-7-16-21(2,3)8-5-9-22(16,4)17(18(12)25)13-10-15(24)20(27)14(11-23)19(13)26/h10-12,16-17,24,26-27H,5-9H2,1-4H3/t12-,16+,17?,22+/m1/s1. The van der Waals surface area contributed by atoms with Crippen molar-refractivity contribution < 1.29 is 24.9 Å². The van der Waals surface area contributed by atoms with Gasteiger partial charge in [-0.2, -0.15) is 0 Å². The number of benzene rings is 1. The Morgan fingerprint density at radius 3 is 2.37 bits per heavy atom. The number of phenols is 3. The van der Waals surface area contributed by atoms with Gasteiger partial charge in [0.05, 0.1) is 5.92 Å². The highest BCUT2D eigenvalue weighted by Crippen LogP contribution is 2.62. The summed E-state index contributed by atoms with van der Waals surface area (Å²) in [7, 11) is 0. The normalized spacial score (nSPS) is 33.2. The van der Waals surface area contributed by atoms with Crippen molar-refractivity contribution >= 4 is 12.1 Å². The molecule has 1 aromatic carbocycles. The third kappa shape index (κ3) is 2.91. The smallest absolute Gasteiger partial charge is 0.171 e. The molecular formula is C22H30O5. The fourth-order valence-corrected chi connectivity index (χ4v) is 5.93. The summed E-state index contributed by atoms with van der Waals surface area (Å²) in [6.45, 7) is 8.53. The molecule has 0 radical (unpaired) electrons. The van der Waals surface area contributed by atoms with Gasteiger partial charge in [-0.3, -0.25) is 9.59 Å². The predicted octanol–water partition coefficient (Wildman–Crippen LogP) is 4.53. The van der Waals surface area contributed by atoms with Gasteiger partial charge in [-0.05, 0) is 48.5 Å². The van der Waals surface area contributed by atoms with Crippen LogP contribution in [0, 0.1) is 22.7 Å². The van der Waals surface area contributed by atoms with Crippen LogP contribution in [-0.2, 0) is 4.79 Å². The van der Waals surface area contributed by atoms with E-state index in [0.717, 1.165) is 32.1 Å². The Hall–Kier alpha value is -2.04. The average molecular weight is 374 g/mol. The van der Waals surface area contributed by atoms with E-state index in [1.54, 1.807) is 0 Å². The van der Waals surface area contributed by atoms with Gasteiger partial charge in [0.1, 0.15) is 17.1 Å². The molecule has 1 unspecified atom stereocenters. The first-order chi connectivity index (χ1) is 12.5. The maximum Gasteiger partial charge on any atom is 0.171 e. The maximum absolute atomic E-state index is 13.4. The van der Waals surface area contributed by atoms with Crippen molar-refractivity contribution in [1.82, 2.24) is 0 Å². The number of aromatic hydroxyl groups is 3. The van der Waals surface area contributed by atoms with Crippen molar-refractivity contribution in [3.05, 3.63) is 17.2 Å². The third-order valence-corrected chi connectivity index (χ3v) is 7.34. The van der Waals surface area contributed by atoms with Gasteiger partial charge in [-0.25, -0.2) is 0 Å². The van der Waals surface area contributed by atoms with Gasteiger partial charge in [0, 0.05) is 11.5 Å². The SMILES string of the molecule is C[C@@H]1CC[C@H]2C(C)(C)CCC[C@]2(C)C(c2cc(O)c(O)c(C=O)c2O)C1=O. The molecule has 2 aliphatic carbocycles. The average Bonchev–Trinajstić information content (AvgIpc) is 2.68. The number of rotatable bonds is 2. The molecule has 0 amide bonds. The van der Waals surface area contributed by atoms with Crippen LogP contribution in [0.5, 0.6) is 17.2 Å². The van der Waals surface area contributed by atoms with E-state index in [1.807, 2.05) is 6.92 Å². The minimum atomic E-state index is -0.647. The van der Waals surface area contributed by atoms with Crippen LogP contribution in [0.1, 0.15) is 81.6 Å². The zero-order valence-corrected chi connectivity index (χ0v) is 16.6. The van der Waals surface area contributed by atoms with Crippen molar-refractivity contribution in [3.63, 3.8) is 0 Å². The summed E-state index contributed by atoms with van der Waals surface area (Å²) in [6, 6.07) is 1.27. The number of carbonyl (C=O) groups excluding carboxylic acids is 2. The predicted molar refractivity (Wildman–Crippen MR) is 102 cm³/mol. The maximum atomic E-state index is 13.4. The molecule has 0 aliphatic heterocycles. The molecule has 148 valence electrons. The molecule has 3 rings (SSSR count). The molecule has 2 saturated carbocycles. The van der Waals surface area contributed by atoms with Crippen molar-refractivity contribution in [1.29, 1.82) is 0 Å². The lowest BCUT2D eigenvalue weighted by Crippen LogP contribution is -2.46. The minimum absolute atomic E-state index is 0.0370. The van der Waals surface area contributed by atoms with Gasteiger partial charge < -0.3 is 15.3 Å². The fraction of sp³-hybridized carbons (Fsp3) is 0.636. The lowest BCUT2D eigenvalue weighted by Gasteiger charge is -2.53. The van der Waals surface area contributed by atoms with Crippen molar-refractivity contribution in [2.45, 2.75) is 65.7 Å². The molecule has 2 aliphatic rings. The Morgan fingerprint density at radius 1 is 1.07 bits per heavy atom. The number of aldehydes is 1. The van der Waals surface area contributed by atoms with Crippen LogP contribution >= 0.6 is 0 Å². The van der Waals surface area contributed by atoms with Crippen LogP contribution in [0.25, 0.3) is 0 Å². The first kappa shape index (κ1) is 19.7. The molecule has 5 heteroatoms. The van der Waals surface area contributed by atoms with E-state index in [2.05, 4.69) is 20.8 Å². The topological polar surface area (TPSA) is 94.8 Å². The van der Waals surface area contributed by atoms with E-state index < -0.39 is 23.2 Å². The van der Waals surface area contributed by atoms with Crippen molar-refractivity contribution in [2.24, 2.45) is 22.7 Å². The molecule has 3 N–H and O–H groups in total. The van der Waals surface area contributed by atoms with Crippen molar-refractivity contribution in [2.75, 3.05) is 0 Å². The zero-order chi connectivity index (χ0) is 20.1. The Balaban J connectivity index is 2.26. The van der Waals surface area contributed by atoms with Crippen LogP contribution in [0.15, 0.2) is 6.07 Å². The highest BCUT2D eigenvalue weighted by Gasteiger charge is 2.55. The molecule has 4 atom stereocenters. The molecule has 0 aromatic heterocycles. The largest absolute Gasteiger partial charge is 0.507 e. The summed E-state index contributed by atoms with van der Waals surface area (Å²) in [6.07, 6.45) is 4.99. The zero-order valence-electron chi connectivity index (χ0n) is 16.6. The Morgan fingerprint density at radius 2 is 1.74 bits per heavy atom. The van der Waals surface area contributed by atoms with Gasteiger partial charge in [0.2, 0.25) is 0 Å². The number of fused-ring (bicyclic) bond motifs is 1. The van der Waals surface area contributed by atoms with Gasteiger partial charge in [-0.1, -0.05) is 34.1 Å². The van der Waals surface area contributed by atoms with Crippen LogP contribution in [-0.4, -0.2) is 27.4 Å². The molecule has 2 fully saturated rings. The van der Waals surface area contributed by atoms with Gasteiger partial charge in [-0.15, -0.1) is 0 Å². The number of phenolic OH excluding ortho intramolecular Hbond substituents is 3. The molecular weight excluding hydrogens is 344 g/mol. The Bertz CT molecular complexity index is 781. The summed E-state index contributed by atoms with van der Waals surface area (Å²) in [4.78, 5) is 24.8. The van der Waals surface area contributed by atoms with E-state index in [0.29, 0.717) is 6.29 Å². The second kappa shape index (κ2) is 6.54. The first-order valence-electron chi connectivity index (χ1n) is 9.81. The molecule has 0 bridgehead atoms. The minimum Gasteiger partial charge on any atom is -0.507 e. The number of carbonyl (C=O) groups is 2. The lowest BCUT2D eigenvalue weighted by atomic mass is 9.51. The summed E-state index contributed by atoms with van der Waals surface area (Å²) >= 11 is 0.